The molecule has 0 atom stereocenters. The SMILES string of the molecule is CNNC(=O)c1cc(Cl)c(OC)cc1Cl. The molecule has 82 valence electrons. The molecule has 0 spiro atoms. The molecular weight excluding hydrogens is 239 g/mol. The van der Waals surface area contributed by atoms with Crippen LogP contribution in [-0.2, 0) is 0 Å². The third-order valence-electron chi connectivity index (χ3n) is 1.72. The number of rotatable bonds is 3. The van der Waals surface area contributed by atoms with Crippen LogP contribution in [0.3, 0.4) is 0 Å². The Hall–Kier alpha value is -0.970. The number of methoxy groups -OCH3 is 1. The van der Waals surface area contributed by atoms with E-state index in [1.165, 1.54) is 19.2 Å². The predicted octanol–water partition coefficient (Wildman–Crippen LogP) is 1.87. The van der Waals surface area contributed by atoms with E-state index in [2.05, 4.69) is 10.9 Å². The molecule has 0 aromatic heterocycles. The Labute approximate surface area is 97.5 Å². The van der Waals surface area contributed by atoms with Gasteiger partial charge in [0.1, 0.15) is 5.75 Å². The van der Waals surface area contributed by atoms with Gasteiger partial charge in [-0.25, -0.2) is 5.43 Å². The Morgan fingerprint density at radius 2 is 2.00 bits per heavy atom. The van der Waals surface area contributed by atoms with E-state index < -0.39 is 0 Å². The molecule has 4 nitrogen and oxygen atoms in total. The zero-order chi connectivity index (χ0) is 11.4. The monoisotopic (exact) mass is 248 g/mol. The zero-order valence-electron chi connectivity index (χ0n) is 8.23. The van der Waals surface area contributed by atoms with Crippen LogP contribution in [0.25, 0.3) is 0 Å². The summed E-state index contributed by atoms with van der Waals surface area (Å²) < 4.78 is 4.96. The topological polar surface area (TPSA) is 50.4 Å². The van der Waals surface area contributed by atoms with Crippen molar-refractivity contribution in [3.63, 3.8) is 0 Å². The molecule has 1 amide bonds. The highest BCUT2D eigenvalue weighted by Gasteiger charge is 2.13. The summed E-state index contributed by atoms with van der Waals surface area (Å²) in [6, 6.07) is 2.95. The van der Waals surface area contributed by atoms with Gasteiger partial charge in [-0.2, -0.15) is 0 Å². The maximum absolute atomic E-state index is 11.5. The molecule has 1 rings (SSSR count). The summed E-state index contributed by atoms with van der Waals surface area (Å²) in [6.45, 7) is 0. The summed E-state index contributed by atoms with van der Waals surface area (Å²) in [5, 5.41) is 0.618. The van der Waals surface area contributed by atoms with Gasteiger partial charge < -0.3 is 4.74 Å². The van der Waals surface area contributed by atoms with Gasteiger partial charge in [-0.05, 0) is 6.07 Å². The van der Waals surface area contributed by atoms with Gasteiger partial charge in [0.05, 0.1) is 22.7 Å². The average Bonchev–Trinajstić information content (AvgIpc) is 2.21. The molecule has 0 aliphatic rings. The normalized spacial score (nSPS) is 9.87. The van der Waals surface area contributed by atoms with E-state index in [1.807, 2.05) is 0 Å². The Bertz CT molecular complexity index is 383. The Kier molecular flexibility index (Phi) is 4.20. The maximum atomic E-state index is 11.5. The fourth-order valence-corrected chi connectivity index (χ4v) is 1.52. The number of halogens is 2. The predicted molar refractivity (Wildman–Crippen MR) is 59.5 cm³/mol. The fourth-order valence-electron chi connectivity index (χ4n) is 1.04. The molecule has 1 aromatic rings. The number of hydrogen-bond acceptors (Lipinski definition) is 3. The molecule has 6 heteroatoms. The fraction of sp³-hybridized carbons (Fsp3) is 0.222. The van der Waals surface area contributed by atoms with Crippen LogP contribution in [0.5, 0.6) is 5.75 Å². The minimum Gasteiger partial charge on any atom is -0.495 e. The van der Waals surface area contributed by atoms with Crippen molar-refractivity contribution < 1.29 is 9.53 Å². The third kappa shape index (κ3) is 2.75. The number of hydrogen-bond donors (Lipinski definition) is 2. The number of hydrazine groups is 1. The summed E-state index contributed by atoms with van der Waals surface area (Å²) in [5.41, 5.74) is 5.19. The number of carbonyl (C=O) groups excluding carboxylic acids is 1. The van der Waals surface area contributed by atoms with Crippen molar-refractivity contribution in [3.05, 3.63) is 27.7 Å². The van der Waals surface area contributed by atoms with Crippen LogP contribution in [-0.4, -0.2) is 20.1 Å². The Morgan fingerprint density at radius 3 is 2.53 bits per heavy atom. The molecule has 0 bridgehead atoms. The van der Waals surface area contributed by atoms with Gasteiger partial charge in [0.15, 0.2) is 0 Å². The number of benzene rings is 1. The second kappa shape index (κ2) is 5.21. The van der Waals surface area contributed by atoms with Crippen LogP contribution < -0.4 is 15.6 Å². The molecule has 0 radical (unpaired) electrons. The van der Waals surface area contributed by atoms with Gasteiger partial charge >= 0.3 is 0 Å². The Morgan fingerprint density at radius 1 is 1.33 bits per heavy atom. The highest BCUT2D eigenvalue weighted by Crippen LogP contribution is 2.30. The first kappa shape index (κ1) is 12.1. The van der Waals surface area contributed by atoms with Crippen molar-refractivity contribution in [2.24, 2.45) is 0 Å². The van der Waals surface area contributed by atoms with Crippen LogP contribution in [0.15, 0.2) is 12.1 Å². The zero-order valence-corrected chi connectivity index (χ0v) is 9.74. The van der Waals surface area contributed by atoms with Crippen LogP contribution in [0.4, 0.5) is 0 Å². The van der Waals surface area contributed by atoms with Crippen LogP contribution in [0.2, 0.25) is 10.0 Å². The summed E-state index contributed by atoms with van der Waals surface area (Å²) >= 11 is 11.7. The van der Waals surface area contributed by atoms with E-state index >= 15 is 0 Å². The summed E-state index contributed by atoms with van der Waals surface area (Å²) in [7, 11) is 3.06. The van der Waals surface area contributed by atoms with E-state index in [0.29, 0.717) is 10.8 Å². The molecular formula is C9H10Cl2N2O2. The minimum atomic E-state index is -0.355. The lowest BCUT2D eigenvalue weighted by atomic mass is 10.2. The van der Waals surface area contributed by atoms with Gasteiger partial charge in [0.2, 0.25) is 0 Å². The van der Waals surface area contributed by atoms with E-state index in [9.17, 15) is 4.79 Å². The molecule has 1 aromatic carbocycles. The van der Waals surface area contributed by atoms with Crippen molar-refractivity contribution in [3.8, 4) is 5.75 Å². The van der Waals surface area contributed by atoms with Gasteiger partial charge in [-0.15, -0.1) is 0 Å². The molecule has 0 fully saturated rings. The first-order valence-corrected chi connectivity index (χ1v) is 4.86. The smallest absolute Gasteiger partial charge is 0.266 e. The third-order valence-corrected chi connectivity index (χ3v) is 2.33. The second-order valence-corrected chi connectivity index (χ2v) is 3.49. The van der Waals surface area contributed by atoms with Crippen LogP contribution in [0.1, 0.15) is 10.4 Å². The number of carbonyl (C=O) groups is 1. The Balaban J connectivity index is 3.10. The van der Waals surface area contributed by atoms with Crippen LogP contribution in [0, 0.1) is 0 Å². The summed E-state index contributed by atoms with van der Waals surface area (Å²) in [6.07, 6.45) is 0. The highest BCUT2D eigenvalue weighted by molar-refractivity contribution is 6.36. The standard InChI is InChI=1S/C9H10Cl2N2O2/c1-12-13-9(14)5-3-7(11)8(15-2)4-6(5)10/h3-4,12H,1-2H3,(H,13,14). The van der Waals surface area contributed by atoms with E-state index in [4.69, 9.17) is 27.9 Å². The maximum Gasteiger partial charge on any atom is 0.266 e. The molecule has 0 aliphatic heterocycles. The van der Waals surface area contributed by atoms with Gasteiger partial charge in [0, 0.05) is 13.1 Å². The lowest BCUT2D eigenvalue weighted by Gasteiger charge is -2.08. The molecule has 0 unspecified atom stereocenters. The van der Waals surface area contributed by atoms with E-state index in [0.717, 1.165) is 0 Å². The molecule has 2 N–H and O–H groups in total. The molecule has 0 heterocycles. The minimum absolute atomic E-state index is 0.281. The van der Waals surface area contributed by atoms with Crippen molar-refractivity contribution in [2.75, 3.05) is 14.2 Å². The molecule has 0 saturated carbocycles. The summed E-state index contributed by atoms with van der Waals surface area (Å²) in [4.78, 5) is 11.5. The van der Waals surface area contributed by atoms with Crippen LogP contribution >= 0.6 is 23.2 Å². The van der Waals surface area contributed by atoms with Gasteiger partial charge in [-0.3, -0.25) is 10.2 Å². The number of ether oxygens (including phenoxy) is 1. The lowest BCUT2D eigenvalue weighted by molar-refractivity contribution is 0.0938. The van der Waals surface area contributed by atoms with E-state index in [-0.39, 0.29) is 16.5 Å². The number of amides is 1. The molecule has 0 aliphatic carbocycles. The first-order chi connectivity index (χ1) is 7.10. The van der Waals surface area contributed by atoms with Crippen molar-refractivity contribution in [1.82, 2.24) is 10.9 Å². The van der Waals surface area contributed by atoms with Gasteiger partial charge in [-0.1, -0.05) is 23.2 Å². The number of nitrogens with one attached hydrogen (secondary N) is 2. The second-order valence-electron chi connectivity index (χ2n) is 2.67. The lowest BCUT2D eigenvalue weighted by Crippen LogP contribution is -2.34. The van der Waals surface area contributed by atoms with Crippen molar-refractivity contribution in [2.45, 2.75) is 0 Å². The molecule has 0 saturated heterocycles. The van der Waals surface area contributed by atoms with Crippen molar-refractivity contribution >= 4 is 29.1 Å². The van der Waals surface area contributed by atoms with Gasteiger partial charge in [0.25, 0.3) is 5.91 Å². The largest absolute Gasteiger partial charge is 0.495 e. The quantitative estimate of drug-likeness (QED) is 0.804. The molecule has 15 heavy (non-hydrogen) atoms. The van der Waals surface area contributed by atoms with E-state index in [1.54, 1.807) is 7.05 Å². The average molecular weight is 249 g/mol. The first-order valence-electron chi connectivity index (χ1n) is 4.10. The highest BCUT2D eigenvalue weighted by atomic mass is 35.5. The summed E-state index contributed by atoms with van der Waals surface area (Å²) in [5.74, 6) is 0.0785. The van der Waals surface area contributed by atoms with Crippen molar-refractivity contribution in [1.29, 1.82) is 0 Å².